The van der Waals surface area contributed by atoms with Gasteiger partial charge in [0.1, 0.15) is 5.41 Å². The minimum Gasteiger partial charge on any atom is -0.306 e. The van der Waals surface area contributed by atoms with Crippen LogP contribution in [0.15, 0.2) is 66.7 Å². The van der Waals surface area contributed by atoms with Gasteiger partial charge in [0.05, 0.1) is 22.8 Å². The lowest BCUT2D eigenvalue weighted by atomic mass is 9.72. The SMILES string of the molecule is CC1(c2ccc(Cl)cc2)C(=O)c2c(Cl)cc(Cl)cc2N(Cc2ccccc2)C1=O. The summed E-state index contributed by atoms with van der Waals surface area (Å²) in [5.74, 6) is -0.690. The van der Waals surface area contributed by atoms with Crippen molar-refractivity contribution >= 4 is 52.2 Å². The maximum Gasteiger partial charge on any atom is 0.245 e. The molecule has 0 fully saturated rings. The maximum absolute atomic E-state index is 13.7. The monoisotopic (exact) mass is 443 g/mol. The van der Waals surface area contributed by atoms with E-state index in [1.54, 1.807) is 42.2 Å². The normalized spacial score (nSPS) is 18.7. The highest BCUT2D eigenvalue weighted by molar-refractivity contribution is 6.41. The number of carbonyl (C=O) groups is 2. The van der Waals surface area contributed by atoms with Gasteiger partial charge in [-0.25, -0.2) is 0 Å². The van der Waals surface area contributed by atoms with E-state index in [1.165, 1.54) is 6.07 Å². The molecule has 0 aliphatic carbocycles. The van der Waals surface area contributed by atoms with Crippen molar-refractivity contribution in [2.75, 3.05) is 4.90 Å². The summed E-state index contributed by atoms with van der Waals surface area (Å²) in [7, 11) is 0. The summed E-state index contributed by atoms with van der Waals surface area (Å²) in [5, 5.41) is 1.12. The lowest BCUT2D eigenvalue weighted by molar-refractivity contribution is -0.122. The number of nitrogens with zero attached hydrogens (tertiary/aromatic N) is 1. The molecule has 0 saturated carbocycles. The highest BCUT2D eigenvalue weighted by Gasteiger charge is 2.51. The fourth-order valence-corrected chi connectivity index (χ4v) is 4.38. The molecule has 0 bridgehead atoms. The van der Waals surface area contributed by atoms with Crippen molar-refractivity contribution in [1.29, 1.82) is 0 Å². The second-order valence-corrected chi connectivity index (χ2v) is 8.40. The van der Waals surface area contributed by atoms with Gasteiger partial charge in [-0.2, -0.15) is 0 Å². The number of halogens is 3. The minimum atomic E-state index is -1.43. The molecule has 1 unspecified atom stereocenters. The average Bonchev–Trinajstić information content (AvgIpc) is 2.70. The van der Waals surface area contributed by atoms with Gasteiger partial charge in [-0.15, -0.1) is 0 Å². The number of benzene rings is 3. The number of amides is 1. The molecule has 0 radical (unpaired) electrons. The van der Waals surface area contributed by atoms with Gasteiger partial charge in [0.15, 0.2) is 5.78 Å². The van der Waals surface area contributed by atoms with E-state index in [0.717, 1.165) is 5.56 Å². The molecule has 1 amide bonds. The molecule has 29 heavy (non-hydrogen) atoms. The Kier molecular flexibility index (Phi) is 5.16. The van der Waals surface area contributed by atoms with Gasteiger partial charge in [0, 0.05) is 10.0 Å². The van der Waals surface area contributed by atoms with Crippen LogP contribution in [-0.4, -0.2) is 11.7 Å². The lowest BCUT2D eigenvalue weighted by Gasteiger charge is -2.40. The van der Waals surface area contributed by atoms with Gasteiger partial charge in [0.2, 0.25) is 5.91 Å². The van der Waals surface area contributed by atoms with Crippen LogP contribution in [0.4, 0.5) is 5.69 Å². The van der Waals surface area contributed by atoms with E-state index in [4.69, 9.17) is 34.8 Å². The standard InChI is InChI=1S/C23H16Cl3NO2/c1-23(15-7-9-16(24)10-8-15)21(28)20-18(26)11-17(25)12-19(20)27(22(23)29)13-14-5-3-2-4-6-14/h2-12H,13H2,1H3. The molecular formula is C23H16Cl3NO2. The summed E-state index contributed by atoms with van der Waals surface area (Å²) in [4.78, 5) is 28.9. The molecule has 6 heteroatoms. The number of hydrogen-bond donors (Lipinski definition) is 0. The summed E-state index contributed by atoms with van der Waals surface area (Å²) in [6.07, 6.45) is 0. The van der Waals surface area contributed by atoms with E-state index >= 15 is 0 Å². The summed E-state index contributed by atoms with van der Waals surface area (Å²) in [6.45, 7) is 1.92. The van der Waals surface area contributed by atoms with Crippen LogP contribution in [0, 0.1) is 0 Å². The van der Waals surface area contributed by atoms with Crippen molar-refractivity contribution in [2.24, 2.45) is 0 Å². The van der Waals surface area contributed by atoms with Gasteiger partial charge in [0.25, 0.3) is 0 Å². The Morgan fingerprint density at radius 3 is 2.17 bits per heavy atom. The summed E-state index contributed by atoms with van der Waals surface area (Å²) < 4.78 is 0. The Balaban J connectivity index is 1.93. The van der Waals surface area contributed by atoms with Gasteiger partial charge in [-0.1, -0.05) is 77.3 Å². The maximum atomic E-state index is 13.7. The van der Waals surface area contributed by atoms with Crippen molar-refractivity contribution in [3.8, 4) is 0 Å². The molecule has 0 saturated heterocycles. The van der Waals surface area contributed by atoms with Crippen molar-refractivity contribution in [2.45, 2.75) is 18.9 Å². The molecule has 146 valence electrons. The fourth-order valence-electron chi connectivity index (χ4n) is 3.68. The number of Topliss-reactive ketones (excluding diaryl/α,β-unsaturated/α-hetero) is 1. The highest BCUT2D eigenvalue weighted by atomic mass is 35.5. The summed E-state index contributed by atoms with van der Waals surface area (Å²) in [5.41, 5.74) is 0.781. The topological polar surface area (TPSA) is 37.4 Å². The Labute approximate surface area is 183 Å². The van der Waals surface area contributed by atoms with Crippen LogP contribution in [0.25, 0.3) is 0 Å². The number of hydrogen-bond acceptors (Lipinski definition) is 2. The van der Waals surface area contributed by atoms with Crippen molar-refractivity contribution < 1.29 is 9.59 Å². The van der Waals surface area contributed by atoms with Gasteiger partial charge in [-0.3, -0.25) is 9.59 Å². The first-order valence-electron chi connectivity index (χ1n) is 8.98. The second kappa shape index (κ2) is 7.49. The molecule has 1 aliphatic rings. The fraction of sp³-hybridized carbons (Fsp3) is 0.130. The van der Waals surface area contributed by atoms with Crippen LogP contribution in [-0.2, 0) is 16.8 Å². The Hall–Kier alpha value is -2.33. The smallest absolute Gasteiger partial charge is 0.245 e. The Bertz CT molecular complexity index is 1110. The predicted octanol–water partition coefficient (Wildman–Crippen LogP) is 6.33. The van der Waals surface area contributed by atoms with Crippen molar-refractivity contribution in [3.05, 3.63) is 98.5 Å². The number of fused-ring (bicyclic) bond motifs is 1. The summed E-state index contributed by atoms with van der Waals surface area (Å²) >= 11 is 18.6. The molecule has 0 N–H and O–H groups in total. The molecule has 3 aromatic rings. The van der Waals surface area contributed by atoms with E-state index in [-0.39, 0.29) is 16.7 Å². The van der Waals surface area contributed by atoms with Gasteiger partial charge < -0.3 is 4.90 Å². The number of ketones is 1. The number of rotatable bonds is 3. The minimum absolute atomic E-state index is 0.225. The third-order valence-electron chi connectivity index (χ3n) is 5.28. The molecule has 3 nitrogen and oxygen atoms in total. The first kappa shape index (κ1) is 20.0. The molecule has 1 atom stereocenters. The zero-order valence-electron chi connectivity index (χ0n) is 15.5. The van der Waals surface area contributed by atoms with E-state index in [1.807, 2.05) is 30.3 Å². The Morgan fingerprint density at radius 2 is 1.52 bits per heavy atom. The largest absolute Gasteiger partial charge is 0.306 e. The zero-order chi connectivity index (χ0) is 20.8. The third-order valence-corrected chi connectivity index (χ3v) is 6.05. The third kappa shape index (κ3) is 3.33. The molecular weight excluding hydrogens is 429 g/mol. The molecule has 0 spiro atoms. The van der Waals surface area contributed by atoms with Crippen LogP contribution < -0.4 is 4.90 Å². The van der Waals surface area contributed by atoms with Crippen LogP contribution in [0.5, 0.6) is 0 Å². The zero-order valence-corrected chi connectivity index (χ0v) is 17.7. The molecule has 0 aromatic heterocycles. The van der Waals surface area contributed by atoms with E-state index in [2.05, 4.69) is 0 Å². The van der Waals surface area contributed by atoms with Gasteiger partial charge >= 0.3 is 0 Å². The number of anilines is 1. The quantitative estimate of drug-likeness (QED) is 0.442. The first-order chi connectivity index (χ1) is 13.8. The highest BCUT2D eigenvalue weighted by Crippen LogP contribution is 2.44. The van der Waals surface area contributed by atoms with Crippen LogP contribution in [0.1, 0.15) is 28.4 Å². The Morgan fingerprint density at radius 1 is 0.862 bits per heavy atom. The van der Waals surface area contributed by atoms with Crippen molar-refractivity contribution in [1.82, 2.24) is 0 Å². The molecule has 1 heterocycles. The number of carbonyl (C=O) groups excluding carboxylic acids is 2. The molecule has 3 aromatic carbocycles. The van der Waals surface area contributed by atoms with Gasteiger partial charge in [-0.05, 0) is 42.3 Å². The van der Waals surface area contributed by atoms with Crippen LogP contribution in [0.3, 0.4) is 0 Å². The first-order valence-corrected chi connectivity index (χ1v) is 10.1. The predicted molar refractivity (Wildman–Crippen MR) is 117 cm³/mol. The second-order valence-electron chi connectivity index (χ2n) is 7.12. The average molecular weight is 445 g/mol. The summed E-state index contributed by atoms with van der Waals surface area (Å²) in [6, 6.07) is 19.4. The van der Waals surface area contributed by atoms with Crippen LogP contribution >= 0.6 is 34.8 Å². The lowest BCUT2D eigenvalue weighted by Crippen LogP contribution is -2.54. The van der Waals surface area contributed by atoms with E-state index in [9.17, 15) is 9.59 Å². The van der Waals surface area contributed by atoms with E-state index in [0.29, 0.717) is 33.4 Å². The molecule has 4 rings (SSSR count). The molecule has 1 aliphatic heterocycles. The van der Waals surface area contributed by atoms with E-state index < -0.39 is 5.41 Å². The van der Waals surface area contributed by atoms with Crippen molar-refractivity contribution in [3.63, 3.8) is 0 Å². The van der Waals surface area contributed by atoms with Crippen LogP contribution in [0.2, 0.25) is 15.1 Å².